The summed E-state index contributed by atoms with van der Waals surface area (Å²) in [6, 6.07) is 0. The molecule has 0 bridgehead atoms. The number of allylic oxidation sites excluding steroid dienone is 2. The first-order valence-corrected chi connectivity index (χ1v) is 15.7. The van der Waals surface area contributed by atoms with Crippen molar-refractivity contribution < 1.29 is 4.79 Å². The van der Waals surface area contributed by atoms with Crippen LogP contribution in [0.4, 0.5) is 0 Å². The summed E-state index contributed by atoms with van der Waals surface area (Å²) in [5.74, 6) is 2.10. The molecule has 2 unspecified atom stereocenters. The van der Waals surface area contributed by atoms with Gasteiger partial charge in [-0.2, -0.15) is 11.8 Å². The van der Waals surface area contributed by atoms with E-state index in [1.165, 1.54) is 121 Å². The molecule has 2 atom stereocenters. The summed E-state index contributed by atoms with van der Waals surface area (Å²) in [5.41, 5.74) is 1.85. The topological polar surface area (TPSA) is 17.1 Å². The van der Waals surface area contributed by atoms with Crippen LogP contribution < -0.4 is 0 Å². The number of carbonyl (C=O) groups is 1. The molecule has 0 aromatic rings. The van der Waals surface area contributed by atoms with Crippen LogP contribution in [0.15, 0.2) is 11.6 Å². The van der Waals surface area contributed by atoms with Crippen LogP contribution in [0.3, 0.4) is 0 Å². The second-order valence-corrected chi connectivity index (χ2v) is 12.8. The number of ketones is 1. The van der Waals surface area contributed by atoms with Gasteiger partial charge in [0.25, 0.3) is 0 Å². The van der Waals surface area contributed by atoms with Crippen LogP contribution in [0.25, 0.3) is 0 Å². The molecule has 0 heterocycles. The lowest BCUT2D eigenvalue weighted by Crippen LogP contribution is -2.32. The smallest absolute Gasteiger partial charge is 0.142 e. The second-order valence-electron chi connectivity index (χ2n) is 11.5. The summed E-state index contributed by atoms with van der Waals surface area (Å²) in [5, 5.41) is 0.187. The molecule has 0 amide bonds. The summed E-state index contributed by atoms with van der Waals surface area (Å²) < 4.78 is 0. The van der Waals surface area contributed by atoms with Crippen molar-refractivity contribution in [2.45, 2.75) is 162 Å². The number of rotatable bonds is 21. The molecule has 0 spiro atoms. The molecule has 0 aliphatic heterocycles. The SMILES string of the molecule is CCCCCCCCCCCCCCCCCCSC(CC1C(C)=CCCC1(C)C)C(C)=O. The Bertz CT molecular complexity index is 521. The van der Waals surface area contributed by atoms with Crippen LogP contribution in [0.2, 0.25) is 0 Å². The molecule has 33 heavy (non-hydrogen) atoms. The van der Waals surface area contributed by atoms with Crippen LogP contribution in [-0.2, 0) is 4.79 Å². The lowest BCUT2D eigenvalue weighted by molar-refractivity contribution is -0.116. The molecule has 1 aliphatic carbocycles. The van der Waals surface area contributed by atoms with Crippen LogP contribution in [0, 0.1) is 11.3 Å². The average molecular weight is 479 g/mol. The van der Waals surface area contributed by atoms with E-state index in [1.54, 1.807) is 6.92 Å². The molecule has 0 aromatic heterocycles. The van der Waals surface area contributed by atoms with Crippen molar-refractivity contribution in [3.63, 3.8) is 0 Å². The number of carbonyl (C=O) groups excluding carboxylic acids is 1. The maximum atomic E-state index is 12.3. The van der Waals surface area contributed by atoms with Crippen LogP contribution in [0.1, 0.15) is 157 Å². The summed E-state index contributed by atoms with van der Waals surface area (Å²) in [4.78, 5) is 12.3. The summed E-state index contributed by atoms with van der Waals surface area (Å²) in [6.07, 6.45) is 28.5. The lowest BCUT2D eigenvalue weighted by Gasteiger charge is -2.40. The highest BCUT2D eigenvalue weighted by Crippen LogP contribution is 2.44. The average Bonchev–Trinajstić information content (AvgIpc) is 2.76. The van der Waals surface area contributed by atoms with E-state index in [1.807, 2.05) is 11.8 Å². The summed E-state index contributed by atoms with van der Waals surface area (Å²) in [7, 11) is 0. The second kappa shape index (κ2) is 19.0. The van der Waals surface area contributed by atoms with Gasteiger partial charge in [0.05, 0.1) is 5.25 Å². The molecule has 0 fully saturated rings. The van der Waals surface area contributed by atoms with Gasteiger partial charge in [-0.1, -0.05) is 129 Å². The fourth-order valence-electron chi connectivity index (χ4n) is 5.55. The first kappa shape index (κ1) is 30.8. The molecule has 0 N–H and O–H groups in total. The minimum atomic E-state index is 0.187. The third-order valence-corrected chi connectivity index (χ3v) is 9.42. The summed E-state index contributed by atoms with van der Waals surface area (Å²) >= 11 is 1.94. The van der Waals surface area contributed by atoms with Crippen molar-refractivity contribution in [3.8, 4) is 0 Å². The van der Waals surface area contributed by atoms with E-state index in [0.717, 1.165) is 12.2 Å². The van der Waals surface area contributed by atoms with E-state index < -0.39 is 0 Å². The van der Waals surface area contributed by atoms with Crippen LogP contribution >= 0.6 is 11.8 Å². The number of Topliss-reactive ketones (excluding diaryl/α,β-unsaturated/α-hetero) is 1. The maximum absolute atomic E-state index is 12.3. The molecule has 0 saturated carbocycles. The molecule has 0 aromatic carbocycles. The highest BCUT2D eigenvalue weighted by molar-refractivity contribution is 8.00. The van der Waals surface area contributed by atoms with Crippen LogP contribution in [0.5, 0.6) is 0 Å². The minimum Gasteiger partial charge on any atom is -0.299 e. The van der Waals surface area contributed by atoms with E-state index in [0.29, 0.717) is 17.1 Å². The third kappa shape index (κ3) is 14.7. The number of thioether (sulfide) groups is 1. The molecule has 1 aliphatic rings. The standard InChI is InChI=1S/C31H58OS/c1-6-7-8-9-10-11-12-13-14-15-16-17-18-19-20-21-25-33-30(28(3)32)26-29-27(2)23-22-24-31(29,4)5/h23,29-30H,6-22,24-26H2,1-5H3. The normalized spacial score (nSPS) is 18.8. The quantitative estimate of drug-likeness (QED) is 0.120. The third-order valence-electron chi connectivity index (χ3n) is 7.97. The molecule has 1 rings (SSSR count). The van der Waals surface area contributed by atoms with Gasteiger partial charge in [-0.3, -0.25) is 4.79 Å². The zero-order chi connectivity index (χ0) is 24.4. The summed E-state index contributed by atoms with van der Waals surface area (Å²) in [6.45, 7) is 11.2. The fourth-order valence-corrected chi connectivity index (χ4v) is 6.77. The van der Waals surface area contributed by atoms with Gasteiger partial charge < -0.3 is 0 Å². The number of hydrogen-bond acceptors (Lipinski definition) is 2. The largest absolute Gasteiger partial charge is 0.299 e. The van der Waals surface area contributed by atoms with Crippen LogP contribution in [-0.4, -0.2) is 16.8 Å². The Morgan fingerprint density at radius 3 is 1.76 bits per heavy atom. The van der Waals surface area contributed by atoms with Crippen molar-refractivity contribution >= 4 is 17.5 Å². The first-order chi connectivity index (χ1) is 15.9. The van der Waals surface area contributed by atoms with Gasteiger partial charge in [0.15, 0.2) is 0 Å². The molecule has 0 saturated heterocycles. The van der Waals surface area contributed by atoms with E-state index in [9.17, 15) is 4.79 Å². The van der Waals surface area contributed by atoms with Gasteiger partial charge in [-0.15, -0.1) is 0 Å². The maximum Gasteiger partial charge on any atom is 0.142 e. The Morgan fingerprint density at radius 1 is 0.879 bits per heavy atom. The number of hydrogen-bond donors (Lipinski definition) is 0. The molecule has 0 radical (unpaired) electrons. The molecule has 1 nitrogen and oxygen atoms in total. The van der Waals surface area contributed by atoms with Gasteiger partial charge >= 0.3 is 0 Å². The molecular formula is C31H58OS. The molecule has 194 valence electrons. The van der Waals surface area contributed by atoms with E-state index in [-0.39, 0.29) is 5.25 Å². The Hall–Kier alpha value is -0.240. The van der Waals surface area contributed by atoms with Crippen molar-refractivity contribution in [1.82, 2.24) is 0 Å². The van der Waals surface area contributed by atoms with Gasteiger partial charge in [0.1, 0.15) is 5.78 Å². The zero-order valence-corrected chi connectivity index (χ0v) is 24.0. The van der Waals surface area contributed by atoms with E-state index in [4.69, 9.17) is 0 Å². The van der Waals surface area contributed by atoms with Crippen molar-refractivity contribution in [2.24, 2.45) is 11.3 Å². The van der Waals surface area contributed by atoms with Gasteiger partial charge in [-0.05, 0) is 56.6 Å². The van der Waals surface area contributed by atoms with Gasteiger partial charge in [-0.25, -0.2) is 0 Å². The monoisotopic (exact) mass is 478 g/mol. The Morgan fingerprint density at radius 2 is 1.33 bits per heavy atom. The predicted molar refractivity (Wildman–Crippen MR) is 151 cm³/mol. The molecular weight excluding hydrogens is 420 g/mol. The van der Waals surface area contributed by atoms with Crippen molar-refractivity contribution in [1.29, 1.82) is 0 Å². The van der Waals surface area contributed by atoms with Crippen molar-refractivity contribution in [3.05, 3.63) is 11.6 Å². The lowest BCUT2D eigenvalue weighted by atomic mass is 9.67. The van der Waals surface area contributed by atoms with Gasteiger partial charge in [0.2, 0.25) is 0 Å². The predicted octanol–water partition coefficient (Wildman–Crippen LogP) is 10.7. The van der Waals surface area contributed by atoms with Gasteiger partial charge in [0, 0.05) is 0 Å². The molecule has 2 heteroatoms. The van der Waals surface area contributed by atoms with E-state index >= 15 is 0 Å². The number of unbranched alkanes of at least 4 members (excludes halogenated alkanes) is 15. The zero-order valence-electron chi connectivity index (χ0n) is 23.2. The Kier molecular flexibility index (Phi) is 17.7. The van der Waals surface area contributed by atoms with Crippen molar-refractivity contribution in [2.75, 3.05) is 5.75 Å². The Balaban J connectivity index is 1.99. The highest BCUT2D eigenvalue weighted by atomic mass is 32.2. The minimum absolute atomic E-state index is 0.187. The Labute approximate surface area is 212 Å². The highest BCUT2D eigenvalue weighted by Gasteiger charge is 2.35. The fraction of sp³-hybridized carbons (Fsp3) is 0.903. The van der Waals surface area contributed by atoms with E-state index in [2.05, 4.69) is 33.8 Å². The first-order valence-electron chi connectivity index (χ1n) is 14.7.